The number of hydrogen-bond acceptors (Lipinski definition) is 2. The predicted molar refractivity (Wildman–Crippen MR) is 58.9 cm³/mol. The van der Waals surface area contributed by atoms with Crippen LogP contribution < -0.4 is 0 Å². The first-order chi connectivity index (χ1) is 7.49. The van der Waals surface area contributed by atoms with Crippen molar-refractivity contribution in [2.45, 2.75) is 24.7 Å². The van der Waals surface area contributed by atoms with Gasteiger partial charge in [0.2, 0.25) is 0 Å². The molecule has 1 aromatic carbocycles. The van der Waals surface area contributed by atoms with Gasteiger partial charge in [-0.05, 0) is 25.0 Å². The number of carbonyl (C=O) groups is 1. The summed E-state index contributed by atoms with van der Waals surface area (Å²) in [6, 6.07) is 2.53. The molecule has 0 atom stereocenters. The van der Waals surface area contributed by atoms with Crippen molar-refractivity contribution in [3.05, 3.63) is 28.0 Å². The highest BCUT2D eigenvalue weighted by molar-refractivity contribution is 9.10. The summed E-state index contributed by atoms with van der Waals surface area (Å²) in [6.07, 6.45) is 1.63. The molecule has 16 heavy (non-hydrogen) atoms. The summed E-state index contributed by atoms with van der Waals surface area (Å²) in [5.74, 6) is -2.36. The second-order valence-electron chi connectivity index (χ2n) is 3.99. The number of aromatic hydroxyl groups is 1. The lowest BCUT2D eigenvalue weighted by molar-refractivity contribution is -0.147. The first kappa shape index (κ1) is 11.4. The number of aliphatic carboxylic acids is 1. The summed E-state index contributed by atoms with van der Waals surface area (Å²) in [5.41, 5.74) is -0.975. The second kappa shape index (κ2) is 3.73. The Morgan fingerprint density at radius 3 is 2.50 bits per heavy atom. The van der Waals surface area contributed by atoms with E-state index in [4.69, 9.17) is 0 Å². The first-order valence-electron chi connectivity index (χ1n) is 4.90. The summed E-state index contributed by atoms with van der Waals surface area (Å²) < 4.78 is 13.7. The van der Waals surface area contributed by atoms with E-state index < -0.39 is 23.0 Å². The number of benzene rings is 1. The minimum absolute atomic E-state index is 0.159. The summed E-state index contributed by atoms with van der Waals surface area (Å²) in [6.45, 7) is 0. The van der Waals surface area contributed by atoms with Crippen LogP contribution in [0.4, 0.5) is 4.39 Å². The van der Waals surface area contributed by atoms with E-state index in [1.54, 1.807) is 0 Å². The maximum absolute atomic E-state index is 13.2. The van der Waals surface area contributed by atoms with E-state index in [1.165, 1.54) is 6.07 Å². The fraction of sp³-hybridized carbons (Fsp3) is 0.364. The standard InChI is InChI=1S/C11H10BrFO3/c12-6-2-3-7(13)9(14)8(6)11(10(15)16)4-1-5-11/h2-3,14H,1,4-5H2,(H,15,16). The third-order valence-corrected chi connectivity index (χ3v) is 3.83. The minimum Gasteiger partial charge on any atom is -0.505 e. The van der Waals surface area contributed by atoms with E-state index in [0.717, 1.165) is 12.5 Å². The molecule has 86 valence electrons. The van der Waals surface area contributed by atoms with E-state index in [1.807, 2.05) is 0 Å². The zero-order valence-electron chi connectivity index (χ0n) is 8.33. The van der Waals surface area contributed by atoms with Gasteiger partial charge in [0.15, 0.2) is 11.6 Å². The van der Waals surface area contributed by atoms with Gasteiger partial charge in [0.1, 0.15) is 0 Å². The highest BCUT2D eigenvalue weighted by Gasteiger charge is 2.49. The molecule has 0 saturated heterocycles. The van der Waals surface area contributed by atoms with Crippen molar-refractivity contribution in [2.75, 3.05) is 0 Å². The number of halogens is 2. The zero-order chi connectivity index (χ0) is 11.9. The van der Waals surface area contributed by atoms with Gasteiger partial charge < -0.3 is 10.2 Å². The lowest BCUT2D eigenvalue weighted by atomic mass is 9.64. The molecule has 0 unspecified atom stereocenters. The maximum Gasteiger partial charge on any atom is 0.314 e. The van der Waals surface area contributed by atoms with Gasteiger partial charge >= 0.3 is 5.97 Å². The summed E-state index contributed by atoms with van der Waals surface area (Å²) in [4.78, 5) is 11.3. The number of phenols is 1. The minimum atomic E-state index is -1.13. The Bertz CT molecular complexity index is 455. The number of phenolic OH excluding ortho intramolecular Hbond substituents is 1. The Morgan fingerprint density at radius 1 is 1.44 bits per heavy atom. The molecule has 1 aromatic rings. The van der Waals surface area contributed by atoms with E-state index >= 15 is 0 Å². The number of carboxylic acids is 1. The molecule has 1 fully saturated rings. The fourth-order valence-corrected chi connectivity index (χ4v) is 2.80. The normalized spacial score (nSPS) is 17.9. The molecule has 0 radical (unpaired) electrons. The molecule has 5 heteroatoms. The van der Waals surface area contributed by atoms with E-state index in [-0.39, 0.29) is 5.56 Å². The van der Waals surface area contributed by atoms with Gasteiger partial charge in [-0.2, -0.15) is 0 Å². The summed E-state index contributed by atoms with van der Waals surface area (Å²) >= 11 is 3.17. The van der Waals surface area contributed by atoms with Gasteiger partial charge in [0.25, 0.3) is 0 Å². The van der Waals surface area contributed by atoms with Crippen LogP contribution in [0, 0.1) is 5.82 Å². The highest BCUT2D eigenvalue weighted by atomic mass is 79.9. The van der Waals surface area contributed by atoms with Crippen molar-refractivity contribution in [1.82, 2.24) is 0 Å². The summed E-state index contributed by atoms with van der Waals surface area (Å²) in [7, 11) is 0. The Labute approximate surface area is 100 Å². The van der Waals surface area contributed by atoms with E-state index in [0.29, 0.717) is 17.3 Å². The van der Waals surface area contributed by atoms with Crippen molar-refractivity contribution in [3.63, 3.8) is 0 Å². The topological polar surface area (TPSA) is 57.5 Å². The largest absolute Gasteiger partial charge is 0.505 e. The van der Waals surface area contributed by atoms with Crippen molar-refractivity contribution < 1.29 is 19.4 Å². The van der Waals surface area contributed by atoms with Crippen molar-refractivity contribution >= 4 is 21.9 Å². The van der Waals surface area contributed by atoms with Gasteiger partial charge in [-0.3, -0.25) is 4.79 Å². The van der Waals surface area contributed by atoms with E-state index in [2.05, 4.69) is 15.9 Å². The van der Waals surface area contributed by atoms with Crippen LogP contribution in [-0.2, 0) is 10.2 Å². The molecule has 1 aliphatic rings. The van der Waals surface area contributed by atoms with Crippen LogP contribution >= 0.6 is 15.9 Å². The van der Waals surface area contributed by atoms with Gasteiger partial charge in [-0.25, -0.2) is 4.39 Å². The molecule has 3 nitrogen and oxygen atoms in total. The van der Waals surface area contributed by atoms with Gasteiger partial charge in [-0.1, -0.05) is 22.4 Å². The molecule has 1 saturated carbocycles. The molecule has 0 heterocycles. The predicted octanol–water partition coefficient (Wildman–Crippen LogP) is 2.80. The lowest BCUT2D eigenvalue weighted by Crippen LogP contribution is -2.42. The van der Waals surface area contributed by atoms with E-state index in [9.17, 15) is 19.4 Å². The highest BCUT2D eigenvalue weighted by Crippen LogP contribution is 2.50. The first-order valence-corrected chi connectivity index (χ1v) is 5.69. The van der Waals surface area contributed by atoms with Crippen LogP contribution in [0.25, 0.3) is 0 Å². The SMILES string of the molecule is O=C(O)C1(c2c(Br)ccc(F)c2O)CCC1. The number of rotatable bonds is 2. The monoisotopic (exact) mass is 288 g/mol. The molecule has 0 bridgehead atoms. The average molecular weight is 289 g/mol. The molecular weight excluding hydrogens is 279 g/mol. The number of hydrogen-bond donors (Lipinski definition) is 2. The average Bonchev–Trinajstić information content (AvgIpc) is 2.15. The van der Waals surface area contributed by atoms with Crippen LogP contribution in [0.1, 0.15) is 24.8 Å². The Hall–Kier alpha value is -1.10. The van der Waals surface area contributed by atoms with Gasteiger partial charge in [0.05, 0.1) is 5.41 Å². The molecule has 1 aliphatic carbocycles. The van der Waals surface area contributed by atoms with Crippen LogP contribution in [0.15, 0.2) is 16.6 Å². The van der Waals surface area contributed by atoms with Gasteiger partial charge in [-0.15, -0.1) is 0 Å². The quantitative estimate of drug-likeness (QED) is 0.880. The van der Waals surface area contributed by atoms with Gasteiger partial charge in [0, 0.05) is 10.0 Å². The maximum atomic E-state index is 13.2. The van der Waals surface area contributed by atoms with Crippen LogP contribution in [0.5, 0.6) is 5.75 Å². The van der Waals surface area contributed by atoms with Crippen LogP contribution in [-0.4, -0.2) is 16.2 Å². The molecule has 0 aromatic heterocycles. The lowest BCUT2D eigenvalue weighted by Gasteiger charge is -2.39. The van der Waals surface area contributed by atoms with Crippen molar-refractivity contribution in [2.24, 2.45) is 0 Å². The fourth-order valence-electron chi connectivity index (χ4n) is 2.10. The Balaban J connectivity index is 2.63. The smallest absolute Gasteiger partial charge is 0.314 e. The second-order valence-corrected chi connectivity index (χ2v) is 4.85. The molecule has 0 amide bonds. The molecule has 0 aliphatic heterocycles. The number of carboxylic acid groups (broad SMARTS) is 1. The van der Waals surface area contributed by atoms with Crippen molar-refractivity contribution in [1.29, 1.82) is 0 Å². The Morgan fingerprint density at radius 2 is 2.06 bits per heavy atom. The molecule has 2 N–H and O–H groups in total. The third kappa shape index (κ3) is 1.42. The zero-order valence-corrected chi connectivity index (χ0v) is 9.92. The summed E-state index contributed by atoms with van der Waals surface area (Å²) in [5, 5.41) is 18.9. The molecular formula is C11H10BrFO3. The van der Waals surface area contributed by atoms with Crippen LogP contribution in [0.3, 0.4) is 0 Å². The van der Waals surface area contributed by atoms with Crippen molar-refractivity contribution in [3.8, 4) is 5.75 Å². The third-order valence-electron chi connectivity index (χ3n) is 3.17. The molecule has 0 spiro atoms. The van der Waals surface area contributed by atoms with Crippen LogP contribution in [0.2, 0.25) is 0 Å². The Kier molecular flexibility index (Phi) is 2.66. The molecule has 2 rings (SSSR count).